The van der Waals surface area contributed by atoms with Crippen LogP contribution in [-0.4, -0.2) is 18.5 Å². The Morgan fingerprint density at radius 1 is 1.88 bits per heavy atom. The lowest BCUT2D eigenvalue weighted by atomic mass is 10.2. The number of rotatable bonds is 1. The maximum Gasteiger partial charge on any atom is 0.234 e. The summed E-state index contributed by atoms with van der Waals surface area (Å²) in [5.41, 5.74) is 5.00. The van der Waals surface area contributed by atoms with Crippen LogP contribution in [0.3, 0.4) is 0 Å². The third kappa shape index (κ3) is 0.980. The van der Waals surface area contributed by atoms with E-state index in [9.17, 15) is 4.79 Å². The number of carbonyl (C=O) groups excluding carboxylic acids is 1. The summed E-state index contributed by atoms with van der Waals surface area (Å²) in [6, 6.07) is -0.0463. The normalized spacial score (nSPS) is 28.2. The Balaban J connectivity index is 0. The Labute approximate surface area is 51.2 Å². The summed E-state index contributed by atoms with van der Waals surface area (Å²) in [4.78, 5) is 10.4. The fourth-order valence-electron chi connectivity index (χ4n) is 0.927. The van der Waals surface area contributed by atoms with Crippen molar-refractivity contribution < 1.29 is 7.65 Å². The molecule has 1 aliphatic heterocycles. The third-order valence-electron chi connectivity index (χ3n) is 1.40. The van der Waals surface area contributed by atoms with E-state index in [4.69, 9.17) is 5.73 Å². The molecule has 0 aromatic heterocycles. The summed E-state index contributed by atoms with van der Waals surface area (Å²) in [6.45, 7) is 0.938. The van der Waals surface area contributed by atoms with Gasteiger partial charge in [-0.05, 0) is 19.4 Å². The van der Waals surface area contributed by atoms with Gasteiger partial charge in [0.1, 0.15) is 0 Å². The number of hydrogen-bond acceptors (Lipinski definition) is 2. The van der Waals surface area contributed by atoms with E-state index in [1.165, 1.54) is 0 Å². The predicted octanol–water partition coefficient (Wildman–Crippen LogP) is -0.284. The maximum atomic E-state index is 10.4. The summed E-state index contributed by atoms with van der Waals surface area (Å²) in [5, 5.41) is 2.98. The highest BCUT2D eigenvalue weighted by molar-refractivity contribution is 5.80. The van der Waals surface area contributed by atoms with Crippen molar-refractivity contribution in [1.82, 2.24) is 5.32 Å². The summed E-state index contributed by atoms with van der Waals surface area (Å²) < 4.78 is 0. The van der Waals surface area contributed by atoms with Crippen LogP contribution in [0.1, 0.15) is 15.7 Å². The van der Waals surface area contributed by atoms with Crippen molar-refractivity contribution in [3.63, 3.8) is 0 Å². The Hall–Kier alpha value is -0.570. The third-order valence-corrected chi connectivity index (χ3v) is 1.40. The molecular weight excluding hydrogens is 104 g/mol. The molecule has 0 spiro atoms. The molecule has 8 heavy (non-hydrogen) atoms. The SMILES string of the molecule is NC(=O)[C@@H]1CCCN1.[HH].[HH]. The zero-order chi connectivity index (χ0) is 5.98. The van der Waals surface area contributed by atoms with Gasteiger partial charge >= 0.3 is 0 Å². The van der Waals surface area contributed by atoms with Gasteiger partial charge in [-0.1, -0.05) is 0 Å². The lowest BCUT2D eigenvalue weighted by molar-refractivity contribution is -0.119. The summed E-state index contributed by atoms with van der Waals surface area (Å²) >= 11 is 0. The first-order valence-corrected chi connectivity index (χ1v) is 2.83. The van der Waals surface area contributed by atoms with Crippen molar-refractivity contribution in [3.05, 3.63) is 0 Å². The molecule has 3 N–H and O–H groups in total. The van der Waals surface area contributed by atoms with Crippen LogP contribution in [0.15, 0.2) is 0 Å². The van der Waals surface area contributed by atoms with E-state index in [1.807, 2.05) is 0 Å². The zero-order valence-corrected chi connectivity index (χ0v) is 4.68. The van der Waals surface area contributed by atoms with Gasteiger partial charge in [-0.2, -0.15) is 0 Å². The van der Waals surface area contributed by atoms with Crippen LogP contribution in [0, 0.1) is 0 Å². The topological polar surface area (TPSA) is 55.1 Å². The molecule has 1 aliphatic rings. The largest absolute Gasteiger partial charge is 0.368 e. The van der Waals surface area contributed by atoms with Crippen molar-refractivity contribution in [2.75, 3.05) is 6.54 Å². The van der Waals surface area contributed by atoms with Crippen molar-refractivity contribution in [2.24, 2.45) is 5.73 Å². The number of nitrogens with one attached hydrogen (secondary N) is 1. The summed E-state index contributed by atoms with van der Waals surface area (Å²) in [5.74, 6) is -0.220. The lowest BCUT2D eigenvalue weighted by Crippen LogP contribution is -2.36. The molecular formula is C5H14N2O. The molecule has 1 atom stereocenters. The van der Waals surface area contributed by atoms with Crippen molar-refractivity contribution in [3.8, 4) is 0 Å². The monoisotopic (exact) mass is 118 g/mol. The second-order valence-electron chi connectivity index (χ2n) is 2.05. The van der Waals surface area contributed by atoms with Gasteiger partial charge in [0.05, 0.1) is 6.04 Å². The van der Waals surface area contributed by atoms with Crippen LogP contribution in [0.5, 0.6) is 0 Å². The molecule has 3 heteroatoms. The molecule has 1 amide bonds. The Kier molecular flexibility index (Phi) is 1.48. The molecule has 3 nitrogen and oxygen atoms in total. The van der Waals surface area contributed by atoms with Gasteiger partial charge in [0.2, 0.25) is 5.91 Å². The van der Waals surface area contributed by atoms with Gasteiger partial charge in [-0.25, -0.2) is 0 Å². The second kappa shape index (κ2) is 2.13. The minimum atomic E-state index is -0.220. The maximum absolute atomic E-state index is 10.4. The Morgan fingerprint density at radius 2 is 2.62 bits per heavy atom. The minimum Gasteiger partial charge on any atom is -0.368 e. The van der Waals surface area contributed by atoms with E-state index >= 15 is 0 Å². The molecule has 0 aromatic carbocycles. The van der Waals surface area contributed by atoms with Gasteiger partial charge < -0.3 is 11.1 Å². The molecule has 0 bridgehead atoms. The van der Waals surface area contributed by atoms with E-state index in [0.29, 0.717) is 0 Å². The average molecular weight is 118 g/mol. The van der Waals surface area contributed by atoms with Crippen molar-refractivity contribution >= 4 is 5.91 Å². The molecule has 0 aliphatic carbocycles. The zero-order valence-electron chi connectivity index (χ0n) is 4.68. The first kappa shape index (κ1) is 5.56. The van der Waals surface area contributed by atoms with E-state index in [0.717, 1.165) is 19.4 Å². The van der Waals surface area contributed by atoms with Gasteiger partial charge in [-0.15, -0.1) is 0 Å². The Bertz CT molecular complexity index is 104. The number of nitrogens with two attached hydrogens (primary N) is 1. The van der Waals surface area contributed by atoms with Crippen LogP contribution in [0.4, 0.5) is 0 Å². The van der Waals surface area contributed by atoms with Crippen molar-refractivity contribution in [2.45, 2.75) is 18.9 Å². The molecule has 0 saturated carbocycles. The number of amides is 1. The van der Waals surface area contributed by atoms with Crippen LogP contribution in [-0.2, 0) is 4.79 Å². The van der Waals surface area contributed by atoms with Crippen LogP contribution in [0.2, 0.25) is 0 Å². The van der Waals surface area contributed by atoms with Crippen LogP contribution >= 0.6 is 0 Å². The van der Waals surface area contributed by atoms with Gasteiger partial charge in [0.15, 0.2) is 0 Å². The summed E-state index contributed by atoms with van der Waals surface area (Å²) in [6.07, 6.45) is 1.99. The quantitative estimate of drug-likeness (QED) is 0.497. The molecule has 1 heterocycles. The molecule has 1 saturated heterocycles. The van der Waals surface area contributed by atoms with Crippen LogP contribution in [0.25, 0.3) is 0 Å². The van der Waals surface area contributed by atoms with Crippen molar-refractivity contribution in [1.29, 1.82) is 0 Å². The first-order chi connectivity index (χ1) is 3.80. The first-order valence-electron chi connectivity index (χ1n) is 2.83. The molecule has 0 aromatic rings. The standard InChI is InChI=1S/C5H10N2O.2H2/c6-5(8)4-2-1-3-7-4;;/h4,7H,1-3H2,(H2,6,8);2*1H/t4-;;/m0../s1. The molecule has 1 fully saturated rings. The highest BCUT2D eigenvalue weighted by Crippen LogP contribution is 2.02. The minimum absolute atomic E-state index is 0. The van der Waals surface area contributed by atoms with E-state index in [2.05, 4.69) is 5.32 Å². The van der Waals surface area contributed by atoms with Gasteiger partial charge in [-0.3, -0.25) is 4.79 Å². The highest BCUT2D eigenvalue weighted by Gasteiger charge is 2.18. The smallest absolute Gasteiger partial charge is 0.234 e. The second-order valence-corrected chi connectivity index (χ2v) is 2.05. The van der Waals surface area contributed by atoms with E-state index in [1.54, 1.807) is 0 Å². The highest BCUT2D eigenvalue weighted by atomic mass is 16.1. The van der Waals surface area contributed by atoms with Crippen LogP contribution < -0.4 is 11.1 Å². The lowest BCUT2D eigenvalue weighted by Gasteiger charge is -2.01. The molecule has 1 rings (SSSR count). The van der Waals surface area contributed by atoms with E-state index < -0.39 is 0 Å². The number of primary amides is 1. The van der Waals surface area contributed by atoms with Gasteiger partial charge in [0.25, 0.3) is 0 Å². The number of hydrogen-bond donors (Lipinski definition) is 2. The molecule has 0 unspecified atom stereocenters. The Morgan fingerprint density at radius 3 is 2.88 bits per heavy atom. The predicted molar refractivity (Wildman–Crippen MR) is 34.4 cm³/mol. The average Bonchev–Trinajstić information content (AvgIpc) is 2.12. The molecule has 0 radical (unpaired) electrons. The van der Waals surface area contributed by atoms with E-state index in [-0.39, 0.29) is 14.8 Å². The fourth-order valence-corrected chi connectivity index (χ4v) is 0.927. The number of carbonyl (C=O) groups is 1. The summed E-state index contributed by atoms with van der Waals surface area (Å²) in [7, 11) is 0. The van der Waals surface area contributed by atoms with Gasteiger partial charge in [0, 0.05) is 2.85 Å². The fraction of sp³-hybridized carbons (Fsp3) is 0.800. The molecule has 50 valence electrons.